The average molecular weight is 175 g/mol. The van der Waals surface area contributed by atoms with Gasteiger partial charge >= 0.3 is 6.09 Å². The number of hydrogen-bond acceptors (Lipinski definition) is 3. The molecule has 0 bridgehead atoms. The van der Waals surface area contributed by atoms with Gasteiger partial charge in [-0.05, 0) is 12.3 Å². The highest BCUT2D eigenvalue weighted by atomic mass is 16.6. The van der Waals surface area contributed by atoms with Gasteiger partial charge in [0.15, 0.2) is 0 Å². The summed E-state index contributed by atoms with van der Waals surface area (Å²) in [7, 11) is 0. The molecule has 0 aromatic heterocycles. The summed E-state index contributed by atoms with van der Waals surface area (Å²) in [5, 5.41) is 9.57. The van der Waals surface area contributed by atoms with Gasteiger partial charge in [-0.25, -0.2) is 4.79 Å². The molecule has 1 amide bonds. The highest BCUT2D eigenvalue weighted by molar-refractivity contribution is 5.64. The summed E-state index contributed by atoms with van der Waals surface area (Å²) >= 11 is 0. The van der Waals surface area contributed by atoms with Crippen LogP contribution in [0.4, 0.5) is 4.79 Å². The van der Waals surface area contributed by atoms with Crippen LogP contribution in [0.3, 0.4) is 0 Å². The van der Waals surface area contributed by atoms with Crippen LogP contribution < -0.4 is 5.73 Å². The fourth-order valence-corrected chi connectivity index (χ4v) is 0.952. The monoisotopic (exact) mass is 175 g/mol. The standard InChI is InChI=1S/C8H17NO3/c1-5(12-7(9)11)6(10)8(2,3)4/h5-6,10H,1-4H3,(H2,9,11)/t5?,6-/m1/s1. The molecule has 0 rings (SSSR count). The largest absolute Gasteiger partial charge is 0.444 e. The molecule has 1 unspecified atom stereocenters. The molecule has 0 saturated heterocycles. The third-order valence-corrected chi connectivity index (χ3v) is 1.63. The second-order valence-electron chi connectivity index (χ2n) is 3.95. The minimum atomic E-state index is -0.856. The molecule has 0 fully saturated rings. The third-order valence-electron chi connectivity index (χ3n) is 1.63. The van der Waals surface area contributed by atoms with Crippen LogP contribution in [0.1, 0.15) is 27.7 Å². The predicted molar refractivity (Wildman–Crippen MR) is 45.6 cm³/mol. The highest BCUT2D eigenvalue weighted by Crippen LogP contribution is 2.22. The summed E-state index contributed by atoms with van der Waals surface area (Å²) < 4.78 is 4.63. The van der Waals surface area contributed by atoms with Gasteiger partial charge in [0.1, 0.15) is 6.10 Å². The van der Waals surface area contributed by atoms with E-state index in [1.165, 1.54) is 0 Å². The van der Waals surface area contributed by atoms with E-state index < -0.39 is 18.3 Å². The first-order valence-corrected chi connectivity index (χ1v) is 3.89. The van der Waals surface area contributed by atoms with E-state index in [2.05, 4.69) is 4.74 Å². The summed E-state index contributed by atoms with van der Waals surface area (Å²) in [6.45, 7) is 7.19. The molecule has 0 spiro atoms. The van der Waals surface area contributed by atoms with Gasteiger partial charge in [-0.15, -0.1) is 0 Å². The van der Waals surface area contributed by atoms with Gasteiger partial charge < -0.3 is 15.6 Å². The SMILES string of the molecule is CC(OC(N)=O)[C@@H](O)C(C)(C)C. The molecule has 0 aliphatic carbocycles. The van der Waals surface area contributed by atoms with Crippen molar-refractivity contribution in [1.82, 2.24) is 0 Å². The number of carbonyl (C=O) groups is 1. The smallest absolute Gasteiger partial charge is 0.404 e. The molecule has 0 aliphatic heterocycles. The number of hydrogen-bond donors (Lipinski definition) is 2. The van der Waals surface area contributed by atoms with Crippen molar-refractivity contribution in [3.8, 4) is 0 Å². The normalized spacial score (nSPS) is 16.8. The number of ether oxygens (including phenoxy) is 1. The fraction of sp³-hybridized carbons (Fsp3) is 0.875. The van der Waals surface area contributed by atoms with Gasteiger partial charge in [0.2, 0.25) is 0 Å². The molecule has 0 aromatic rings. The van der Waals surface area contributed by atoms with Crippen LogP contribution >= 0.6 is 0 Å². The number of rotatable bonds is 2. The lowest BCUT2D eigenvalue weighted by molar-refractivity contribution is -0.0404. The van der Waals surface area contributed by atoms with Crippen LogP contribution in [0.15, 0.2) is 0 Å². The number of aliphatic hydroxyl groups is 1. The minimum absolute atomic E-state index is 0.311. The Morgan fingerprint density at radius 1 is 1.50 bits per heavy atom. The van der Waals surface area contributed by atoms with E-state index in [9.17, 15) is 9.90 Å². The minimum Gasteiger partial charge on any atom is -0.444 e. The van der Waals surface area contributed by atoms with E-state index in [0.717, 1.165) is 0 Å². The van der Waals surface area contributed by atoms with Crippen molar-refractivity contribution in [2.45, 2.75) is 39.9 Å². The summed E-state index contributed by atoms with van der Waals surface area (Å²) in [6.07, 6.45) is -2.13. The lowest BCUT2D eigenvalue weighted by Crippen LogP contribution is -2.39. The molecule has 12 heavy (non-hydrogen) atoms. The van der Waals surface area contributed by atoms with E-state index in [1.807, 2.05) is 20.8 Å². The molecule has 0 heterocycles. The molecule has 0 saturated carbocycles. The van der Waals surface area contributed by atoms with E-state index in [1.54, 1.807) is 6.92 Å². The van der Waals surface area contributed by atoms with Crippen LogP contribution in [-0.4, -0.2) is 23.4 Å². The predicted octanol–water partition coefficient (Wildman–Crippen LogP) is 0.877. The first kappa shape index (κ1) is 11.2. The topological polar surface area (TPSA) is 72.5 Å². The first-order valence-electron chi connectivity index (χ1n) is 3.89. The Morgan fingerprint density at radius 3 is 2.17 bits per heavy atom. The molecular weight excluding hydrogens is 158 g/mol. The number of aliphatic hydroxyl groups excluding tert-OH is 1. The first-order chi connectivity index (χ1) is 5.25. The van der Waals surface area contributed by atoms with Crippen molar-refractivity contribution in [3.63, 3.8) is 0 Å². The van der Waals surface area contributed by atoms with E-state index >= 15 is 0 Å². The van der Waals surface area contributed by atoms with Gasteiger partial charge in [-0.3, -0.25) is 0 Å². The van der Waals surface area contributed by atoms with E-state index in [-0.39, 0.29) is 5.41 Å². The maximum Gasteiger partial charge on any atom is 0.404 e. The molecular formula is C8H17NO3. The zero-order valence-corrected chi connectivity index (χ0v) is 8.00. The fourth-order valence-electron chi connectivity index (χ4n) is 0.952. The Labute approximate surface area is 72.7 Å². The second-order valence-corrected chi connectivity index (χ2v) is 3.95. The zero-order valence-electron chi connectivity index (χ0n) is 8.00. The molecule has 3 N–H and O–H groups in total. The number of carbonyl (C=O) groups excluding carboxylic acids is 1. The molecule has 0 radical (unpaired) electrons. The Hall–Kier alpha value is -0.770. The maximum absolute atomic E-state index is 10.3. The number of primary amides is 1. The van der Waals surface area contributed by atoms with Crippen LogP contribution in [0.5, 0.6) is 0 Å². The van der Waals surface area contributed by atoms with Gasteiger partial charge in [-0.1, -0.05) is 20.8 Å². The molecule has 72 valence electrons. The summed E-state index contributed by atoms with van der Waals surface area (Å²) in [4.78, 5) is 10.3. The molecule has 4 heteroatoms. The van der Waals surface area contributed by atoms with Crippen LogP contribution in [0.2, 0.25) is 0 Å². The van der Waals surface area contributed by atoms with Crippen LogP contribution in [-0.2, 0) is 4.74 Å². The van der Waals surface area contributed by atoms with Crippen molar-refractivity contribution in [3.05, 3.63) is 0 Å². The Kier molecular flexibility index (Phi) is 3.52. The van der Waals surface area contributed by atoms with E-state index in [0.29, 0.717) is 0 Å². The molecule has 2 atom stereocenters. The molecule has 0 aliphatic rings. The zero-order chi connectivity index (χ0) is 9.94. The lowest BCUT2D eigenvalue weighted by atomic mass is 9.86. The lowest BCUT2D eigenvalue weighted by Gasteiger charge is -2.29. The Bertz CT molecular complexity index is 162. The van der Waals surface area contributed by atoms with Gasteiger partial charge in [0, 0.05) is 0 Å². The number of nitrogens with two attached hydrogens (primary N) is 1. The average Bonchev–Trinajstić information content (AvgIpc) is 1.82. The van der Waals surface area contributed by atoms with Gasteiger partial charge in [0.05, 0.1) is 6.10 Å². The van der Waals surface area contributed by atoms with E-state index in [4.69, 9.17) is 5.73 Å². The van der Waals surface area contributed by atoms with Crippen LogP contribution in [0, 0.1) is 5.41 Å². The van der Waals surface area contributed by atoms with Gasteiger partial charge in [0.25, 0.3) is 0 Å². The van der Waals surface area contributed by atoms with Crippen molar-refractivity contribution in [1.29, 1.82) is 0 Å². The van der Waals surface area contributed by atoms with Gasteiger partial charge in [-0.2, -0.15) is 0 Å². The summed E-state index contributed by atoms with van der Waals surface area (Å²) in [5.74, 6) is 0. The summed E-state index contributed by atoms with van der Waals surface area (Å²) in [5.41, 5.74) is 4.49. The summed E-state index contributed by atoms with van der Waals surface area (Å²) in [6, 6.07) is 0. The van der Waals surface area contributed by atoms with Crippen LogP contribution in [0.25, 0.3) is 0 Å². The van der Waals surface area contributed by atoms with Crippen molar-refractivity contribution >= 4 is 6.09 Å². The van der Waals surface area contributed by atoms with Crippen molar-refractivity contribution in [2.24, 2.45) is 11.1 Å². The van der Waals surface area contributed by atoms with Crippen molar-refractivity contribution < 1.29 is 14.6 Å². The Morgan fingerprint density at radius 2 is 1.92 bits per heavy atom. The maximum atomic E-state index is 10.3. The third kappa shape index (κ3) is 3.57. The molecule has 0 aromatic carbocycles. The second kappa shape index (κ2) is 3.76. The Balaban J connectivity index is 4.10. The number of amides is 1. The highest BCUT2D eigenvalue weighted by Gasteiger charge is 2.29. The molecule has 4 nitrogen and oxygen atoms in total. The quantitative estimate of drug-likeness (QED) is 0.654. The van der Waals surface area contributed by atoms with Crippen molar-refractivity contribution in [2.75, 3.05) is 0 Å².